The third-order valence-corrected chi connectivity index (χ3v) is 3.35. The van der Waals surface area contributed by atoms with E-state index in [9.17, 15) is 13.2 Å². The summed E-state index contributed by atoms with van der Waals surface area (Å²) in [6.45, 7) is -0.421. The molecule has 84 valence electrons. The van der Waals surface area contributed by atoms with Crippen LogP contribution >= 0.6 is 31.9 Å². The van der Waals surface area contributed by atoms with Crippen molar-refractivity contribution in [3.8, 4) is 5.88 Å². The highest BCUT2D eigenvalue weighted by atomic mass is 79.9. The molecule has 0 aliphatic rings. The molecule has 0 atom stereocenters. The number of alkyl halides is 3. The zero-order valence-corrected chi connectivity index (χ0v) is 10.1. The van der Waals surface area contributed by atoms with Crippen molar-refractivity contribution in [3.05, 3.63) is 20.7 Å². The second-order valence-corrected chi connectivity index (χ2v) is 3.97. The van der Waals surface area contributed by atoms with Gasteiger partial charge in [-0.05, 0) is 37.4 Å². The van der Waals surface area contributed by atoms with Gasteiger partial charge in [0.2, 0.25) is 5.88 Å². The van der Waals surface area contributed by atoms with Gasteiger partial charge >= 0.3 is 6.36 Å². The second kappa shape index (κ2) is 4.67. The summed E-state index contributed by atoms with van der Waals surface area (Å²) in [5.74, 6) is -0.623. The van der Waals surface area contributed by atoms with Crippen molar-refractivity contribution in [2.45, 2.75) is 13.0 Å². The lowest BCUT2D eigenvalue weighted by Crippen LogP contribution is -2.18. The highest BCUT2D eigenvalue weighted by Crippen LogP contribution is 2.30. The molecule has 0 amide bonds. The lowest BCUT2D eigenvalue weighted by Gasteiger charge is -2.10. The summed E-state index contributed by atoms with van der Waals surface area (Å²) in [5.41, 5.74) is 0.246. The predicted molar refractivity (Wildman–Crippen MR) is 52.2 cm³/mol. The number of pyridine rings is 1. The van der Waals surface area contributed by atoms with Crippen molar-refractivity contribution >= 4 is 31.9 Å². The number of hydrogen-bond acceptors (Lipinski definition) is 3. The van der Waals surface area contributed by atoms with Gasteiger partial charge in [-0.1, -0.05) is 0 Å². The highest BCUT2D eigenvalue weighted by molar-refractivity contribution is 9.13. The van der Waals surface area contributed by atoms with E-state index >= 15 is 0 Å². The van der Waals surface area contributed by atoms with Gasteiger partial charge in [-0.2, -0.15) is 0 Å². The molecule has 1 heterocycles. The van der Waals surface area contributed by atoms with Crippen LogP contribution in [0.4, 0.5) is 13.2 Å². The minimum absolute atomic E-state index is 0.133. The van der Waals surface area contributed by atoms with Crippen LogP contribution in [0.25, 0.3) is 0 Å². The fraction of sp³-hybridized carbons (Fsp3) is 0.286. The molecular weight excluding hydrogens is 347 g/mol. The van der Waals surface area contributed by atoms with Crippen LogP contribution in [0.15, 0.2) is 15.1 Å². The van der Waals surface area contributed by atoms with Gasteiger partial charge in [-0.25, -0.2) is 4.98 Å². The van der Waals surface area contributed by atoms with Crippen LogP contribution in [-0.4, -0.2) is 16.5 Å². The summed E-state index contributed by atoms with van der Waals surface area (Å²) in [7, 11) is 0. The molecule has 0 fully saturated rings. The molecule has 0 bridgehead atoms. The average Bonchev–Trinajstić information content (AvgIpc) is 2.08. The van der Waals surface area contributed by atoms with Gasteiger partial charge < -0.3 is 9.84 Å². The molecule has 0 unspecified atom stereocenters. The monoisotopic (exact) mass is 349 g/mol. The molecule has 1 rings (SSSR count). The van der Waals surface area contributed by atoms with E-state index < -0.39 is 18.8 Å². The van der Waals surface area contributed by atoms with E-state index in [1.54, 1.807) is 0 Å². The van der Waals surface area contributed by atoms with Gasteiger partial charge in [0.05, 0.1) is 11.1 Å². The first-order chi connectivity index (χ1) is 6.83. The van der Waals surface area contributed by atoms with E-state index in [0.717, 1.165) is 6.07 Å². The van der Waals surface area contributed by atoms with Crippen molar-refractivity contribution in [1.29, 1.82) is 0 Å². The molecule has 0 aromatic carbocycles. The van der Waals surface area contributed by atoms with E-state index in [-0.39, 0.29) is 10.2 Å². The van der Waals surface area contributed by atoms with E-state index in [2.05, 4.69) is 41.6 Å². The molecule has 15 heavy (non-hydrogen) atoms. The molecule has 0 spiro atoms. The normalized spacial score (nSPS) is 11.6. The summed E-state index contributed by atoms with van der Waals surface area (Å²) in [5, 5.41) is 8.85. The minimum atomic E-state index is -4.80. The molecule has 1 aromatic rings. The Balaban J connectivity index is 3.06. The Kier molecular flexibility index (Phi) is 3.96. The second-order valence-electron chi connectivity index (χ2n) is 2.43. The lowest BCUT2D eigenvalue weighted by molar-refractivity contribution is -0.276. The van der Waals surface area contributed by atoms with Crippen LogP contribution in [0, 0.1) is 0 Å². The van der Waals surface area contributed by atoms with Crippen molar-refractivity contribution in [1.82, 2.24) is 4.98 Å². The number of rotatable bonds is 2. The summed E-state index contributed by atoms with van der Waals surface area (Å²) >= 11 is 5.98. The molecule has 0 aliphatic carbocycles. The highest BCUT2D eigenvalue weighted by Gasteiger charge is 2.32. The first-order valence-electron chi connectivity index (χ1n) is 3.55. The Morgan fingerprint density at radius 1 is 1.40 bits per heavy atom. The molecule has 3 nitrogen and oxygen atoms in total. The van der Waals surface area contributed by atoms with Gasteiger partial charge in [-0.15, -0.1) is 13.2 Å². The lowest BCUT2D eigenvalue weighted by atomic mass is 10.3. The van der Waals surface area contributed by atoms with Crippen LogP contribution in [0.1, 0.15) is 5.56 Å². The maximum absolute atomic E-state index is 11.9. The predicted octanol–water partition coefficient (Wildman–Crippen LogP) is 3.00. The number of aliphatic hydroxyl groups excluding tert-OH is 1. The van der Waals surface area contributed by atoms with Crippen LogP contribution in [0.2, 0.25) is 0 Å². The summed E-state index contributed by atoms with van der Waals surface area (Å²) in [4.78, 5) is 3.48. The Morgan fingerprint density at radius 3 is 2.47 bits per heavy atom. The SMILES string of the molecule is OCc1cc(OC(F)(F)F)nc(Br)c1Br. The van der Waals surface area contributed by atoms with Crippen molar-refractivity contribution in [2.75, 3.05) is 0 Å². The van der Waals surface area contributed by atoms with E-state index in [0.29, 0.717) is 4.47 Å². The third kappa shape index (κ3) is 3.62. The van der Waals surface area contributed by atoms with E-state index in [1.165, 1.54) is 0 Å². The fourth-order valence-corrected chi connectivity index (χ4v) is 1.57. The third-order valence-electron chi connectivity index (χ3n) is 1.36. The topological polar surface area (TPSA) is 42.4 Å². The van der Waals surface area contributed by atoms with Gasteiger partial charge in [0, 0.05) is 6.07 Å². The molecule has 8 heteroatoms. The number of halogens is 5. The first-order valence-corrected chi connectivity index (χ1v) is 5.13. The maximum Gasteiger partial charge on any atom is 0.574 e. The molecule has 1 aromatic heterocycles. The summed E-state index contributed by atoms with van der Waals surface area (Å²) < 4.78 is 39.7. The molecule has 0 saturated heterocycles. The Morgan fingerprint density at radius 2 is 2.00 bits per heavy atom. The van der Waals surface area contributed by atoms with Gasteiger partial charge in [-0.3, -0.25) is 0 Å². The summed E-state index contributed by atoms with van der Waals surface area (Å²) in [6.07, 6.45) is -4.80. The van der Waals surface area contributed by atoms with Crippen LogP contribution < -0.4 is 4.74 Å². The quantitative estimate of drug-likeness (QED) is 0.834. The van der Waals surface area contributed by atoms with Crippen LogP contribution in [0.5, 0.6) is 5.88 Å². The molecule has 0 saturated carbocycles. The number of aromatic nitrogens is 1. The van der Waals surface area contributed by atoms with Gasteiger partial charge in [0.25, 0.3) is 0 Å². The number of nitrogens with zero attached hydrogens (tertiary/aromatic N) is 1. The largest absolute Gasteiger partial charge is 0.574 e. The van der Waals surface area contributed by atoms with Gasteiger partial charge in [0.1, 0.15) is 4.60 Å². The minimum Gasteiger partial charge on any atom is -0.392 e. The zero-order valence-electron chi connectivity index (χ0n) is 6.98. The molecule has 0 aliphatic heterocycles. The molecule has 0 radical (unpaired) electrons. The first kappa shape index (κ1) is 12.7. The standard InChI is InChI=1S/C7H4Br2F3NO2/c8-5-3(2-14)1-4(13-6(5)9)15-7(10,11)12/h1,14H,2H2. The van der Waals surface area contributed by atoms with E-state index in [4.69, 9.17) is 5.11 Å². The van der Waals surface area contributed by atoms with Crippen molar-refractivity contribution < 1.29 is 23.0 Å². The molecule has 1 N–H and O–H groups in total. The Labute approximate surface area is 99.5 Å². The van der Waals surface area contributed by atoms with Crippen molar-refractivity contribution in [2.24, 2.45) is 0 Å². The van der Waals surface area contributed by atoms with Crippen LogP contribution in [-0.2, 0) is 6.61 Å². The van der Waals surface area contributed by atoms with Gasteiger partial charge in [0.15, 0.2) is 0 Å². The zero-order chi connectivity index (χ0) is 11.6. The fourth-order valence-electron chi connectivity index (χ4n) is 0.809. The van der Waals surface area contributed by atoms with E-state index in [1.807, 2.05) is 0 Å². The Hall–Kier alpha value is -0.340. The maximum atomic E-state index is 11.9. The number of aliphatic hydroxyl groups is 1. The number of ether oxygens (including phenoxy) is 1. The van der Waals surface area contributed by atoms with Crippen molar-refractivity contribution in [3.63, 3.8) is 0 Å². The summed E-state index contributed by atoms with van der Waals surface area (Å²) in [6, 6.07) is 1.00. The Bertz CT molecular complexity index is 370. The van der Waals surface area contributed by atoms with Crippen LogP contribution in [0.3, 0.4) is 0 Å². The number of hydrogen-bond donors (Lipinski definition) is 1. The average molecular weight is 351 g/mol. The molecular formula is C7H4Br2F3NO2. The smallest absolute Gasteiger partial charge is 0.392 e.